The van der Waals surface area contributed by atoms with E-state index in [1.54, 1.807) is 0 Å². The predicted octanol–water partition coefficient (Wildman–Crippen LogP) is 2.97. The molecule has 0 saturated heterocycles. The summed E-state index contributed by atoms with van der Waals surface area (Å²) in [5, 5.41) is 3.55. The Balaban J connectivity index is 1.94. The van der Waals surface area contributed by atoms with Gasteiger partial charge in [-0.05, 0) is 51.5 Å². The molecule has 94 valence electrons. The van der Waals surface area contributed by atoms with Gasteiger partial charge < -0.3 is 10.1 Å². The molecule has 2 rings (SSSR count). The molecule has 1 N–H and O–H groups in total. The number of likely N-dealkylation sites (N-methyl/N-ethyl adjacent to an activating group) is 1. The average Bonchev–Trinajstić information content (AvgIpc) is 3.14. The molecule has 2 fully saturated rings. The molecule has 2 unspecified atom stereocenters. The van der Waals surface area contributed by atoms with E-state index in [0.717, 1.165) is 18.4 Å². The molecule has 0 aromatic heterocycles. The minimum Gasteiger partial charge on any atom is -0.377 e. The van der Waals surface area contributed by atoms with Crippen molar-refractivity contribution in [1.29, 1.82) is 0 Å². The van der Waals surface area contributed by atoms with E-state index < -0.39 is 0 Å². The molecule has 0 spiro atoms. The summed E-state index contributed by atoms with van der Waals surface area (Å²) in [5.74, 6) is 1.70. The van der Waals surface area contributed by atoms with Crippen LogP contribution in [-0.4, -0.2) is 25.8 Å². The Kier molecular flexibility index (Phi) is 4.66. The highest BCUT2D eigenvalue weighted by molar-refractivity contribution is 4.93. The van der Waals surface area contributed by atoms with Crippen molar-refractivity contribution in [2.45, 2.75) is 64.0 Å². The minimum absolute atomic E-state index is 0.484. The number of ether oxygens (including phenoxy) is 1. The zero-order valence-corrected chi connectivity index (χ0v) is 10.9. The molecule has 2 atom stereocenters. The van der Waals surface area contributed by atoms with Crippen molar-refractivity contribution in [3.8, 4) is 0 Å². The lowest BCUT2D eigenvalue weighted by Crippen LogP contribution is -2.46. The van der Waals surface area contributed by atoms with Crippen LogP contribution in [0.3, 0.4) is 0 Å². The Morgan fingerprint density at radius 1 is 1.06 bits per heavy atom. The van der Waals surface area contributed by atoms with E-state index in [4.69, 9.17) is 4.74 Å². The normalized spacial score (nSPS) is 26.6. The van der Waals surface area contributed by atoms with Gasteiger partial charge in [-0.15, -0.1) is 0 Å². The van der Waals surface area contributed by atoms with Gasteiger partial charge in [0.2, 0.25) is 0 Å². The van der Waals surface area contributed by atoms with Gasteiger partial charge in [0.05, 0.1) is 6.10 Å². The predicted molar refractivity (Wildman–Crippen MR) is 67.6 cm³/mol. The highest BCUT2D eigenvalue weighted by Crippen LogP contribution is 2.39. The monoisotopic (exact) mass is 225 g/mol. The van der Waals surface area contributed by atoms with Crippen LogP contribution < -0.4 is 5.32 Å². The Bertz CT molecular complexity index is 197. The summed E-state index contributed by atoms with van der Waals surface area (Å²) < 4.78 is 6.01. The molecule has 2 nitrogen and oxygen atoms in total. The van der Waals surface area contributed by atoms with Crippen LogP contribution in [0.5, 0.6) is 0 Å². The maximum absolute atomic E-state index is 6.01. The van der Waals surface area contributed by atoms with E-state index in [0.29, 0.717) is 12.1 Å². The number of hydrogen-bond donors (Lipinski definition) is 1. The van der Waals surface area contributed by atoms with Crippen LogP contribution in [0.4, 0.5) is 0 Å². The van der Waals surface area contributed by atoms with Crippen molar-refractivity contribution in [2.24, 2.45) is 11.8 Å². The van der Waals surface area contributed by atoms with Gasteiger partial charge in [-0.3, -0.25) is 0 Å². The molecule has 16 heavy (non-hydrogen) atoms. The molecule has 0 amide bonds. The Morgan fingerprint density at radius 3 is 2.25 bits per heavy atom. The molecule has 0 aliphatic heterocycles. The second-order valence-electron chi connectivity index (χ2n) is 5.47. The molecule has 0 bridgehead atoms. The molecule has 0 aromatic rings. The Labute approximate surface area is 100 Å². The van der Waals surface area contributed by atoms with Crippen LogP contribution in [0, 0.1) is 11.8 Å². The number of nitrogens with one attached hydrogen (secondary N) is 1. The maximum atomic E-state index is 6.01. The van der Waals surface area contributed by atoms with Crippen molar-refractivity contribution < 1.29 is 4.74 Å². The summed E-state index contributed by atoms with van der Waals surface area (Å²) in [7, 11) is 2.12. The quantitative estimate of drug-likeness (QED) is 0.750. The number of hydrogen-bond acceptors (Lipinski definition) is 2. The average molecular weight is 225 g/mol. The fourth-order valence-corrected chi connectivity index (χ4v) is 3.31. The first-order valence-electron chi connectivity index (χ1n) is 7.15. The van der Waals surface area contributed by atoms with E-state index >= 15 is 0 Å². The van der Waals surface area contributed by atoms with Crippen LogP contribution in [0.1, 0.15) is 51.9 Å². The molecule has 2 heteroatoms. The third-order valence-electron chi connectivity index (χ3n) is 4.29. The van der Waals surface area contributed by atoms with Gasteiger partial charge in [0.25, 0.3) is 0 Å². The fourth-order valence-electron chi connectivity index (χ4n) is 3.31. The summed E-state index contributed by atoms with van der Waals surface area (Å²) >= 11 is 0. The largest absolute Gasteiger partial charge is 0.377 e. The summed E-state index contributed by atoms with van der Waals surface area (Å²) in [6.07, 6.45) is 10.3. The van der Waals surface area contributed by atoms with E-state index in [-0.39, 0.29) is 0 Å². The van der Waals surface area contributed by atoms with E-state index in [2.05, 4.69) is 19.3 Å². The van der Waals surface area contributed by atoms with Crippen LogP contribution in [0.15, 0.2) is 0 Å². The second kappa shape index (κ2) is 6.02. The lowest BCUT2D eigenvalue weighted by atomic mass is 9.81. The summed E-state index contributed by atoms with van der Waals surface area (Å²) in [5.41, 5.74) is 0. The Hall–Kier alpha value is -0.0800. The van der Waals surface area contributed by atoms with E-state index in [1.807, 2.05) is 0 Å². The first-order chi connectivity index (χ1) is 7.86. The first kappa shape index (κ1) is 12.4. The summed E-state index contributed by atoms with van der Waals surface area (Å²) in [4.78, 5) is 0. The summed E-state index contributed by atoms with van der Waals surface area (Å²) in [6.45, 7) is 3.00. The van der Waals surface area contributed by atoms with Crippen molar-refractivity contribution in [3.05, 3.63) is 0 Å². The molecule has 2 saturated carbocycles. The van der Waals surface area contributed by atoms with Crippen LogP contribution in [0.25, 0.3) is 0 Å². The maximum Gasteiger partial charge on any atom is 0.0758 e. The minimum atomic E-state index is 0.484. The first-order valence-corrected chi connectivity index (χ1v) is 7.15. The highest BCUT2D eigenvalue weighted by atomic mass is 16.5. The fraction of sp³-hybridized carbons (Fsp3) is 1.00. The highest BCUT2D eigenvalue weighted by Gasteiger charge is 2.39. The van der Waals surface area contributed by atoms with Gasteiger partial charge in [-0.1, -0.05) is 19.3 Å². The van der Waals surface area contributed by atoms with Gasteiger partial charge in [0, 0.05) is 12.6 Å². The topological polar surface area (TPSA) is 21.3 Å². The lowest BCUT2D eigenvalue weighted by molar-refractivity contribution is -0.000242. The van der Waals surface area contributed by atoms with Crippen LogP contribution in [0.2, 0.25) is 0 Å². The zero-order chi connectivity index (χ0) is 11.4. The molecular formula is C14H27NO. The molecule has 2 aliphatic rings. The zero-order valence-electron chi connectivity index (χ0n) is 10.9. The van der Waals surface area contributed by atoms with Crippen molar-refractivity contribution in [2.75, 3.05) is 13.7 Å². The lowest BCUT2D eigenvalue weighted by Gasteiger charge is -2.35. The standard InChI is InChI=1S/C14H27NO/c1-3-16-14(12-9-10-12)13(15-2)11-7-5-4-6-8-11/h11-15H,3-10H2,1-2H3. The molecule has 2 aliphatic carbocycles. The van der Waals surface area contributed by atoms with Crippen molar-refractivity contribution in [3.63, 3.8) is 0 Å². The van der Waals surface area contributed by atoms with E-state index in [1.165, 1.54) is 44.9 Å². The van der Waals surface area contributed by atoms with Crippen molar-refractivity contribution in [1.82, 2.24) is 5.32 Å². The van der Waals surface area contributed by atoms with Gasteiger partial charge >= 0.3 is 0 Å². The molecule has 0 heterocycles. The van der Waals surface area contributed by atoms with Gasteiger partial charge in [0.15, 0.2) is 0 Å². The smallest absolute Gasteiger partial charge is 0.0758 e. The third kappa shape index (κ3) is 2.98. The molecular weight excluding hydrogens is 198 g/mol. The Morgan fingerprint density at radius 2 is 1.75 bits per heavy atom. The number of rotatable bonds is 6. The van der Waals surface area contributed by atoms with Gasteiger partial charge in [-0.25, -0.2) is 0 Å². The van der Waals surface area contributed by atoms with Crippen LogP contribution in [-0.2, 0) is 4.74 Å². The van der Waals surface area contributed by atoms with Crippen LogP contribution >= 0.6 is 0 Å². The van der Waals surface area contributed by atoms with E-state index in [9.17, 15) is 0 Å². The molecule has 0 aromatic carbocycles. The second-order valence-corrected chi connectivity index (χ2v) is 5.47. The van der Waals surface area contributed by atoms with Gasteiger partial charge in [-0.2, -0.15) is 0 Å². The summed E-state index contributed by atoms with van der Waals surface area (Å²) in [6, 6.07) is 0.604. The third-order valence-corrected chi connectivity index (χ3v) is 4.29. The van der Waals surface area contributed by atoms with Gasteiger partial charge in [0.1, 0.15) is 0 Å². The molecule has 0 radical (unpaired) electrons. The SMILES string of the molecule is CCOC(C1CC1)C(NC)C1CCCCC1. The van der Waals surface area contributed by atoms with Crippen molar-refractivity contribution >= 4 is 0 Å².